The molecule has 0 aliphatic heterocycles. The number of oxime groups is 1. The number of rotatable bonds is 6. The fourth-order valence-electron chi connectivity index (χ4n) is 2.18. The van der Waals surface area contributed by atoms with Crippen molar-refractivity contribution in [2.45, 2.75) is 38.1 Å². The van der Waals surface area contributed by atoms with Crippen molar-refractivity contribution in [2.24, 2.45) is 10.9 Å². The molecule has 0 aromatic carbocycles. The highest BCUT2D eigenvalue weighted by molar-refractivity contribution is 5.79. The van der Waals surface area contributed by atoms with Crippen molar-refractivity contribution in [1.29, 1.82) is 0 Å². The molecule has 88 valence electrons. The van der Waals surface area contributed by atoms with Crippen molar-refractivity contribution < 1.29 is 10.3 Å². The van der Waals surface area contributed by atoms with Crippen LogP contribution in [0.4, 0.5) is 0 Å². The van der Waals surface area contributed by atoms with Crippen molar-refractivity contribution in [3.63, 3.8) is 0 Å². The average Bonchev–Trinajstić information content (AvgIpc) is 2.76. The zero-order valence-electron chi connectivity index (χ0n) is 9.10. The maximum absolute atomic E-state index is 8.97. The number of aliphatic hydroxyl groups is 1. The fraction of sp³-hybridized carbons (Fsp3) is 0.900. The highest BCUT2D eigenvalue weighted by Gasteiger charge is 2.21. The monoisotopic (exact) mass is 215 g/mol. The predicted octanol–water partition coefficient (Wildman–Crippen LogP) is 0.360. The molecule has 0 bridgehead atoms. The third-order valence-electron chi connectivity index (χ3n) is 3.01. The topological polar surface area (TPSA) is 82.1 Å². The molecule has 0 atom stereocenters. The second-order valence-electron chi connectivity index (χ2n) is 4.04. The molecular weight excluding hydrogens is 194 g/mol. The Balaban J connectivity index is 2.35. The van der Waals surface area contributed by atoms with Gasteiger partial charge in [-0.3, -0.25) is 4.90 Å². The van der Waals surface area contributed by atoms with Crippen LogP contribution < -0.4 is 5.73 Å². The van der Waals surface area contributed by atoms with Gasteiger partial charge in [-0.05, 0) is 12.8 Å². The Morgan fingerprint density at radius 3 is 2.53 bits per heavy atom. The summed E-state index contributed by atoms with van der Waals surface area (Å²) in [5.41, 5.74) is 5.43. The van der Waals surface area contributed by atoms with Gasteiger partial charge in [-0.1, -0.05) is 18.0 Å². The van der Waals surface area contributed by atoms with Crippen LogP contribution in [0.1, 0.15) is 32.1 Å². The van der Waals surface area contributed by atoms with Crippen LogP contribution in [-0.4, -0.2) is 46.8 Å². The summed E-state index contributed by atoms with van der Waals surface area (Å²) in [7, 11) is 0. The largest absolute Gasteiger partial charge is 0.409 e. The molecule has 0 unspecified atom stereocenters. The van der Waals surface area contributed by atoms with E-state index in [1.165, 1.54) is 25.7 Å². The van der Waals surface area contributed by atoms with E-state index in [0.29, 0.717) is 19.0 Å². The van der Waals surface area contributed by atoms with Crippen LogP contribution in [0.25, 0.3) is 0 Å². The molecular formula is C10H21N3O2. The first-order valence-electron chi connectivity index (χ1n) is 5.59. The molecule has 1 saturated carbocycles. The highest BCUT2D eigenvalue weighted by atomic mass is 16.4. The minimum atomic E-state index is 0.173. The molecule has 5 heteroatoms. The zero-order valence-corrected chi connectivity index (χ0v) is 9.10. The number of amidine groups is 1. The van der Waals surface area contributed by atoms with Crippen LogP contribution in [0.5, 0.6) is 0 Å². The summed E-state index contributed by atoms with van der Waals surface area (Å²) in [5.74, 6) is 0.260. The lowest BCUT2D eigenvalue weighted by Gasteiger charge is -2.27. The van der Waals surface area contributed by atoms with E-state index in [9.17, 15) is 0 Å². The van der Waals surface area contributed by atoms with E-state index in [0.717, 1.165) is 6.54 Å². The van der Waals surface area contributed by atoms with E-state index in [4.69, 9.17) is 16.0 Å². The zero-order chi connectivity index (χ0) is 11.1. The summed E-state index contributed by atoms with van der Waals surface area (Å²) < 4.78 is 0. The van der Waals surface area contributed by atoms with E-state index in [-0.39, 0.29) is 12.4 Å². The van der Waals surface area contributed by atoms with Crippen LogP contribution in [0.15, 0.2) is 5.16 Å². The smallest absolute Gasteiger partial charge is 0.140 e. The quantitative estimate of drug-likeness (QED) is 0.258. The lowest BCUT2D eigenvalue weighted by atomic mass is 10.2. The molecule has 0 spiro atoms. The Bertz CT molecular complexity index is 203. The average molecular weight is 215 g/mol. The van der Waals surface area contributed by atoms with Gasteiger partial charge in [0.25, 0.3) is 0 Å². The van der Waals surface area contributed by atoms with Crippen molar-refractivity contribution in [1.82, 2.24) is 4.90 Å². The highest BCUT2D eigenvalue weighted by Crippen LogP contribution is 2.23. The van der Waals surface area contributed by atoms with E-state index in [1.807, 2.05) is 0 Å². The maximum atomic E-state index is 8.97. The Hall–Kier alpha value is -0.810. The summed E-state index contributed by atoms with van der Waals surface area (Å²) >= 11 is 0. The molecule has 0 radical (unpaired) electrons. The summed E-state index contributed by atoms with van der Waals surface area (Å²) in [6.45, 7) is 1.62. The number of hydrogen-bond donors (Lipinski definition) is 3. The second-order valence-corrected chi connectivity index (χ2v) is 4.04. The molecule has 0 aromatic rings. The molecule has 1 rings (SSSR count). The fourth-order valence-corrected chi connectivity index (χ4v) is 2.18. The Labute approximate surface area is 90.6 Å². The maximum Gasteiger partial charge on any atom is 0.140 e. The standard InChI is InChI=1S/C10H21N3O2/c11-10(12-15)5-6-13(7-8-14)9-3-1-2-4-9/h9,14-15H,1-8H2,(H2,11,12). The number of hydrogen-bond acceptors (Lipinski definition) is 4. The van der Waals surface area contributed by atoms with Gasteiger partial charge in [0.2, 0.25) is 0 Å². The van der Waals surface area contributed by atoms with Crippen molar-refractivity contribution in [2.75, 3.05) is 19.7 Å². The summed E-state index contributed by atoms with van der Waals surface area (Å²) in [4.78, 5) is 2.24. The first-order chi connectivity index (χ1) is 7.27. The summed E-state index contributed by atoms with van der Waals surface area (Å²) in [6, 6.07) is 0.573. The second kappa shape index (κ2) is 6.63. The van der Waals surface area contributed by atoms with Gasteiger partial charge in [-0.25, -0.2) is 0 Å². The van der Waals surface area contributed by atoms with Gasteiger partial charge in [-0.15, -0.1) is 0 Å². The van der Waals surface area contributed by atoms with E-state index in [1.54, 1.807) is 0 Å². The minimum absolute atomic E-state index is 0.173. The third kappa shape index (κ3) is 4.05. The van der Waals surface area contributed by atoms with Crippen molar-refractivity contribution in [3.8, 4) is 0 Å². The molecule has 5 nitrogen and oxygen atoms in total. The Morgan fingerprint density at radius 2 is 2.00 bits per heavy atom. The number of nitrogens with zero attached hydrogens (tertiary/aromatic N) is 2. The van der Waals surface area contributed by atoms with Crippen LogP contribution in [0, 0.1) is 0 Å². The molecule has 4 N–H and O–H groups in total. The lowest BCUT2D eigenvalue weighted by Crippen LogP contribution is -2.37. The Kier molecular flexibility index (Phi) is 5.42. The van der Waals surface area contributed by atoms with Gasteiger partial charge in [-0.2, -0.15) is 0 Å². The summed E-state index contributed by atoms with van der Waals surface area (Å²) in [6.07, 6.45) is 5.52. The van der Waals surface area contributed by atoms with Crippen molar-refractivity contribution >= 4 is 5.84 Å². The van der Waals surface area contributed by atoms with Gasteiger partial charge in [0.1, 0.15) is 5.84 Å². The van der Waals surface area contributed by atoms with E-state index < -0.39 is 0 Å². The molecule has 0 saturated heterocycles. The van der Waals surface area contributed by atoms with Crippen molar-refractivity contribution in [3.05, 3.63) is 0 Å². The molecule has 1 aliphatic rings. The summed E-state index contributed by atoms with van der Waals surface area (Å²) in [5, 5.41) is 20.4. The first kappa shape index (κ1) is 12.3. The van der Waals surface area contributed by atoms with E-state index in [2.05, 4.69) is 10.1 Å². The van der Waals surface area contributed by atoms with Gasteiger partial charge in [0.05, 0.1) is 6.61 Å². The van der Waals surface area contributed by atoms with Gasteiger partial charge >= 0.3 is 0 Å². The van der Waals surface area contributed by atoms with Gasteiger partial charge in [0.15, 0.2) is 0 Å². The van der Waals surface area contributed by atoms with Crippen LogP contribution in [-0.2, 0) is 0 Å². The molecule has 15 heavy (non-hydrogen) atoms. The molecule has 1 aliphatic carbocycles. The van der Waals surface area contributed by atoms with Gasteiger partial charge < -0.3 is 16.0 Å². The molecule has 1 fully saturated rings. The predicted molar refractivity (Wildman–Crippen MR) is 58.9 cm³/mol. The minimum Gasteiger partial charge on any atom is -0.409 e. The lowest BCUT2D eigenvalue weighted by molar-refractivity contribution is 0.154. The van der Waals surface area contributed by atoms with Crippen LogP contribution in [0.3, 0.4) is 0 Å². The number of aliphatic hydroxyl groups excluding tert-OH is 1. The third-order valence-corrected chi connectivity index (χ3v) is 3.01. The van der Waals surface area contributed by atoms with Crippen LogP contribution >= 0.6 is 0 Å². The van der Waals surface area contributed by atoms with E-state index >= 15 is 0 Å². The van der Waals surface area contributed by atoms with Crippen LogP contribution in [0.2, 0.25) is 0 Å². The Morgan fingerprint density at radius 1 is 1.33 bits per heavy atom. The molecule has 0 heterocycles. The normalized spacial score (nSPS) is 18.9. The molecule has 0 amide bonds. The first-order valence-corrected chi connectivity index (χ1v) is 5.59. The SMILES string of the molecule is NC(CCN(CCO)C1CCCC1)=NO. The molecule has 0 aromatic heterocycles. The van der Waals surface area contributed by atoms with Gasteiger partial charge in [0, 0.05) is 25.6 Å². The number of nitrogens with two attached hydrogens (primary N) is 1.